The Morgan fingerprint density at radius 3 is 2.54 bits per heavy atom. The number of amides is 1. The molecule has 1 aliphatic rings. The molecule has 218 valence electrons. The van der Waals surface area contributed by atoms with Crippen LogP contribution in [0.3, 0.4) is 0 Å². The number of fused-ring (bicyclic) bond motifs is 1. The number of nitrogens with one attached hydrogen (secondary N) is 1. The molecule has 0 aliphatic carbocycles. The molecule has 1 amide bonds. The van der Waals surface area contributed by atoms with Gasteiger partial charge in [-0.3, -0.25) is 4.79 Å². The van der Waals surface area contributed by atoms with Gasteiger partial charge in [-0.25, -0.2) is 9.98 Å². The van der Waals surface area contributed by atoms with Crippen molar-refractivity contribution >= 4 is 17.3 Å². The van der Waals surface area contributed by atoms with Gasteiger partial charge in [-0.2, -0.15) is 4.98 Å². The minimum atomic E-state index is 0.0658. The number of hydrogen-bond donors (Lipinski definition) is 1. The third-order valence-corrected chi connectivity index (χ3v) is 6.35. The second-order valence-corrected chi connectivity index (χ2v) is 9.50. The zero-order chi connectivity index (χ0) is 28.9. The van der Waals surface area contributed by atoms with Gasteiger partial charge in [0.1, 0.15) is 24.7 Å². The Morgan fingerprint density at radius 1 is 1.00 bits per heavy atom. The Kier molecular flexibility index (Phi) is 11.5. The fourth-order valence-corrected chi connectivity index (χ4v) is 4.13. The fraction of sp³-hybridized carbons (Fsp3) is 0.419. The molecule has 0 radical (unpaired) electrons. The Morgan fingerprint density at radius 2 is 1.76 bits per heavy atom. The van der Waals surface area contributed by atoms with Gasteiger partial charge in [0.2, 0.25) is 11.8 Å². The van der Waals surface area contributed by atoms with E-state index in [2.05, 4.69) is 22.2 Å². The minimum Gasteiger partial charge on any atom is -0.485 e. The van der Waals surface area contributed by atoms with Crippen molar-refractivity contribution in [3.05, 3.63) is 59.8 Å². The van der Waals surface area contributed by atoms with Gasteiger partial charge in [0.05, 0.1) is 44.8 Å². The standard InChI is InChI=1S/C31H38N4O6/c1-4-5-6-29(36)32-13-14-38-15-16-39-17-18-40-31-33-20-25(30(35-31)37-3)23-8-10-24(11-9-23)27-21-41-28-12-7-22(2)19-26(28)34-27/h7-12,19-20H,4-6,13-18,21H2,1-3H3,(H,32,36). The molecule has 0 fully saturated rings. The number of ether oxygens (including phenoxy) is 5. The molecule has 1 N–H and O–H groups in total. The summed E-state index contributed by atoms with van der Waals surface area (Å²) in [4.78, 5) is 25.1. The molecule has 0 bridgehead atoms. The van der Waals surface area contributed by atoms with Crippen LogP contribution in [0.1, 0.15) is 37.3 Å². The van der Waals surface area contributed by atoms with Gasteiger partial charge >= 0.3 is 6.01 Å². The van der Waals surface area contributed by atoms with E-state index in [1.807, 2.05) is 49.4 Å². The minimum absolute atomic E-state index is 0.0658. The van der Waals surface area contributed by atoms with Crippen LogP contribution in [-0.2, 0) is 14.3 Å². The van der Waals surface area contributed by atoms with Gasteiger partial charge in [-0.15, -0.1) is 0 Å². The summed E-state index contributed by atoms with van der Waals surface area (Å²) in [5.74, 6) is 1.29. The third kappa shape index (κ3) is 8.99. The van der Waals surface area contributed by atoms with E-state index < -0.39 is 0 Å². The topological polar surface area (TPSA) is 113 Å². The molecule has 0 unspecified atom stereocenters. The molecule has 0 saturated carbocycles. The zero-order valence-electron chi connectivity index (χ0n) is 24.0. The molecule has 10 heteroatoms. The first-order chi connectivity index (χ1) is 20.1. The van der Waals surface area contributed by atoms with Crippen molar-refractivity contribution in [2.24, 2.45) is 4.99 Å². The second-order valence-electron chi connectivity index (χ2n) is 9.50. The summed E-state index contributed by atoms with van der Waals surface area (Å²) >= 11 is 0. The van der Waals surface area contributed by atoms with Crippen LogP contribution >= 0.6 is 0 Å². The maximum Gasteiger partial charge on any atom is 0.319 e. The van der Waals surface area contributed by atoms with Crippen molar-refractivity contribution in [1.82, 2.24) is 15.3 Å². The summed E-state index contributed by atoms with van der Waals surface area (Å²) in [6.45, 7) is 7.00. The van der Waals surface area contributed by atoms with Gasteiger partial charge in [0.15, 0.2) is 0 Å². The molecule has 3 aromatic rings. The number of nitrogens with zero attached hydrogens (tertiary/aromatic N) is 3. The van der Waals surface area contributed by atoms with Crippen molar-refractivity contribution in [3.8, 4) is 28.8 Å². The van der Waals surface area contributed by atoms with Crippen molar-refractivity contribution in [3.63, 3.8) is 0 Å². The van der Waals surface area contributed by atoms with Crippen molar-refractivity contribution in [2.45, 2.75) is 33.1 Å². The summed E-state index contributed by atoms with van der Waals surface area (Å²) in [6, 6.07) is 14.2. The van der Waals surface area contributed by atoms with E-state index in [1.54, 1.807) is 13.3 Å². The summed E-state index contributed by atoms with van der Waals surface area (Å²) in [5, 5.41) is 2.83. The number of carbonyl (C=O) groups is 1. The Balaban J connectivity index is 1.20. The van der Waals surface area contributed by atoms with Crippen LogP contribution in [0.5, 0.6) is 17.6 Å². The lowest BCUT2D eigenvalue weighted by Gasteiger charge is -2.18. The number of benzene rings is 2. The number of carbonyl (C=O) groups excluding carboxylic acids is 1. The van der Waals surface area contributed by atoms with Crippen LogP contribution in [0, 0.1) is 6.92 Å². The third-order valence-electron chi connectivity index (χ3n) is 6.35. The highest BCUT2D eigenvalue weighted by Crippen LogP contribution is 2.33. The lowest BCUT2D eigenvalue weighted by atomic mass is 10.0. The van der Waals surface area contributed by atoms with Crippen LogP contribution in [0.4, 0.5) is 5.69 Å². The molecule has 1 aromatic heterocycles. The number of rotatable bonds is 16. The van der Waals surface area contributed by atoms with Crippen molar-refractivity contribution in [2.75, 3.05) is 53.3 Å². The zero-order valence-corrected chi connectivity index (χ0v) is 24.0. The number of unbranched alkanes of at least 4 members (excludes halogenated alkanes) is 1. The number of hydrogen-bond acceptors (Lipinski definition) is 9. The highest BCUT2D eigenvalue weighted by Gasteiger charge is 2.16. The molecule has 10 nitrogen and oxygen atoms in total. The van der Waals surface area contributed by atoms with E-state index in [0.717, 1.165) is 52.2 Å². The summed E-state index contributed by atoms with van der Waals surface area (Å²) < 4.78 is 28.0. The fourth-order valence-electron chi connectivity index (χ4n) is 4.13. The molecule has 1 aliphatic heterocycles. The van der Waals surface area contributed by atoms with Crippen LogP contribution in [0.25, 0.3) is 11.1 Å². The second kappa shape index (κ2) is 15.7. The molecule has 4 rings (SSSR count). The quantitative estimate of drug-likeness (QED) is 0.250. The highest BCUT2D eigenvalue weighted by atomic mass is 16.5. The first-order valence-electron chi connectivity index (χ1n) is 13.9. The van der Waals surface area contributed by atoms with Gasteiger partial charge < -0.3 is 29.0 Å². The molecular weight excluding hydrogens is 524 g/mol. The molecule has 0 atom stereocenters. The van der Waals surface area contributed by atoms with Gasteiger partial charge in [0, 0.05) is 19.2 Å². The summed E-state index contributed by atoms with van der Waals surface area (Å²) in [6.07, 6.45) is 4.16. The summed E-state index contributed by atoms with van der Waals surface area (Å²) in [5.41, 5.74) is 5.52. The van der Waals surface area contributed by atoms with Crippen LogP contribution < -0.4 is 19.5 Å². The van der Waals surface area contributed by atoms with E-state index >= 15 is 0 Å². The number of aliphatic imine (C=N–C) groups is 1. The maximum atomic E-state index is 11.5. The lowest BCUT2D eigenvalue weighted by molar-refractivity contribution is -0.121. The monoisotopic (exact) mass is 562 g/mol. The van der Waals surface area contributed by atoms with Crippen molar-refractivity contribution in [1.29, 1.82) is 0 Å². The van der Waals surface area contributed by atoms with Crippen LogP contribution in [0.2, 0.25) is 0 Å². The Hall–Kier alpha value is -4.02. The van der Waals surface area contributed by atoms with E-state index in [4.69, 9.17) is 28.7 Å². The number of aryl methyl sites for hydroxylation is 1. The van der Waals surface area contributed by atoms with E-state index in [9.17, 15) is 4.79 Å². The number of aromatic nitrogens is 2. The van der Waals surface area contributed by atoms with E-state index in [-0.39, 0.29) is 18.5 Å². The normalized spacial score (nSPS) is 12.2. The predicted octanol–water partition coefficient (Wildman–Crippen LogP) is 4.69. The molecule has 41 heavy (non-hydrogen) atoms. The average molecular weight is 563 g/mol. The average Bonchev–Trinajstić information content (AvgIpc) is 3.00. The van der Waals surface area contributed by atoms with Crippen LogP contribution in [0.15, 0.2) is 53.7 Å². The first kappa shape index (κ1) is 30.0. The van der Waals surface area contributed by atoms with E-state index in [0.29, 0.717) is 51.9 Å². The van der Waals surface area contributed by atoms with E-state index in [1.165, 1.54) is 0 Å². The number of methoxy groups -OCH3 is 1. The van der Waals surface area contributed by atoms with Gasteiger partial charge in [-0.1, -0.05) is 43.7 Å². The van der Waals surface area contributed by atoms with Crippen LogP contribution in [-0.4, -0.2) is 74.9 Å². The molecule has 0 spiro atoms. The predicted molar refractivity (Wildman–Crippen MR) is 157 cm³/mol. The van der Waals surface area contributed by atoms with Crippen molar-refractivity contribution < 1.29 is 28.5 Å². The Labute approximate surface area is 241 Å². The smallest absolute Gasteiger partial charge is 0.319 e. The lowest BCUT2D eigenvalue weighted by Crippen LogP contribution is -2.27. The largest absolute Gasteiger partial charge is 0.485 e. The van der Waals surface area contributed by atoms with Gasteiger partial charge in [0.25, 0.3) is 0 Å². The Bertz CT molecular complexity index is 1310. The molecule has 2 aromatic carbocycles. The molecule has 0 saturated heterocycles. The highest BCUT2D eigenvalue weighted by molar-refractivity contribution is 6.04. The molecular formula is C31H38N4O6. The molecule has 2 heterocycles. The first-order valence-corrected chi connectivity index (χ1v) is 13.9. The van der Waals surface area contributed by atoms with Gasteiger partial charge in [-0.05, 0) is 42.2 Å². The summed E-state index contributed by atoms with van der Waals surface area (Å²) in [7, 11) is 1.57. The maximum absolute atomic E-state index is 11.5. The SMILES string of the molecule is CCCCC(=O)NCCOCCOCCOc1ncc(-c2ccc(C3=Nc4cc(C)ccc4OC3)cc2)c(OC)n1.